The SMILES string of the molecule is CC(c1ccc(Cl)cc1)C(CNC(=O)C1CCC(=O)C1)c1ccc(Cl)cc1. The summed E-state index contributed by atoms with van der Waals surface area (Å²) < 4.78 is 0. The lowest BCUT2D eigenvalue weighted by molar-refractivity contribution is -0.126. The first kappa shape index (κ1) is 19.9. The summed E-state index contributed by atoms with van der Waals surface area (Å²) in [5, 5.41) is 4.46. The van der Waals surface area contributed by atoms with Crippen molar-refractivity contribution in [3.05, 3.63) is 69.7 Å². The van der Waals surface area contributed by atoms with Crippen molar-refractivity contribution in [1.29, 1.82) is 0 Å². The molecule has 0 radical (unpaired) electrons. The molecule has 0 heterocycles. The number of nitrogens with one attached hydrogen (secondary N) is 1. The Bertz CT molecular complexity index is 802. The van der Waals surface area contributed by atoms with Crippen LogP contribution >= 0.6 is 23.2 Å². The van der Waals surface area contributed by atoms with Crippen LogP contribution in [0.5, 0.6) is 0 Å². The molecule has 0 aliphatic heterocycles. The minimum absolute atomic E-state index is 0.0249. The number of amides is 1. The van der Waals surface area contributed by atoms with Crippen LogP contribution in [0.1, 0.15) is 49.1 Å². The normalized spacial score (nSPS) is 18.9. The summed E-state index contributed by atoms with van der Waals surface area (Å²) >= 11 is 12.1. The summed E-state index contributed by atoms with van der Waals surface area (Å²) in [6, 6.07) is 15.6. The Morgan fingerprint density at radius 1 is 1.04 bits per heavy atom. The van der Waals surface area contributed by atoms with Gasteiger partial charge in [-0.15, -0.1) is 0 Å². The molecule has 142 valence electrons. The number of rotatable bonds is 6. The highest BCUT2D eigenvalue weighted by molar-refractivity contribution is 6.30. The largest absolute Gasteiger partial charge is 0.355 e. The zero-order chi connectivity index (χ0) is 19.4. The molecule has 0 aromatic heterocycles. The summed E-state index contributed by atoms with van der Waals surface area (Å²) in [6.45, 7) is 2.66. The lowest BCUT2D eigenvalue weighted by Gasteiger charge is -2.26. The van der Waals surface area contributed by atoms with Crippen molar-refractivity contribution in [2.75, 3.05) is 6.54 Å². The minimum Gasteiger partial charge on any atom is -0.355 e. The number of hydrogen-bond donors (Lipinski definition) is 1. The van der Waals surface area contributed by atoms with Crippen LogP contribution in [-0.2, 0) is 9.59 Å². The molecule has 1 aliphatic carbocycles. The van der Waals surface area contributed by atoms with Crippen LogP contribution in [-0.4, -0.2) is 18.2 Å². The molecule has 1 saturated carbocycles. The van der Waals surface area contributed by atoms with E-state index in [0.717, 1.165) is 11.1 Å². The summed E-state index contributed by atoms with van der Waals surface area (Å²) in [6.07, 6.45) is 1.53. The van der Waals surface area contributed by atoms with Crippen molar-refractivity contribution in [1.82, 2.24) is 5.32 Å². The van der Waals surface area contributed by atoms with E-state index in [0.29, 0.717) is 35.9 Å². The molecule has 0 spiro atoms. The molecule has 2 aromatic rings. The van der Waals surface area contributed by atoms with Gasteiger partial charge in [0, 0.05) is 41.3 Å². The first-order valence-corrected chi connectivity index (χ1v) is 10.00. The van der Waals surface area contributed by atoms with E-state index in [1.807, 2.05) is 48.5 Å². The summed E-state index contributed by atoms with van der Waals surface area (Å²) in [4.78, 5) is 23.9. The molecule has 3 unspecified atom stereocenters. The van der Waals surface area contributed by atoms with Crippen molar-refractivity contribution >= 4 is 34.9 Å². The predicted molar refractivity (Wildman–Crippen MR) is 109 cm³/mol. The van der Waals surface area contributed by atoms with Crippen LogP contribution in [0.2, 0.25) is 10.0 Å². The smallest absolute Gasteiger partial charge is 0.223 e. The fourth-order valence-electron chi connectivity index (χ4n) is 3.68. The fraction of sp³-hybridized carbons (Fsp3) is 0.364. The predicted octanol–water partition coefficient (Wildman–Crippen LogP) is 5.37. The lowest BCUT2D eigenvalue weighted by Crippen LogP contribution is -2.34. The third kappa shape index (κ3) is 5.12. The second-order valence-electron chi connectivity index (χ2n) is 7.22. The van der Waals surface area contributed by atoms with Gasteiger partial charge in [0.1, 0.15) is 5.78 Å². The lowest BCUT2D eigenvalue weighted by atomic mass is 9.82. The Balaban J connectivity index is 1.77. The topological polar surface area (TPSA) is 46.2 Å². The molecule has 1 fully saturated rings. The van der Waals surface area contributed by atoms with E-state index in [-0.39, 0.29) is 29.4 Å². The van der Waals surface area contributed by atoms with Gasteiger partial charge in [-0.2, -0.15) is 0 Å². The average molecular weight is 404 g/mol. The summed E-state index contributed by atoms with van der Waals surface area (Å²) in [7, 11) is 0. The molecule has 27 heavy (non-hydrogen) atoms. The third-order valence-corrected chi connectivity index (χ3v) is 5.91. The van der Waals surface area contributed by atoms with Gasteiger partial charge in [0.2, 0.25) is 5.91 Å². The number of benzene rings is 2. The van der Waals surface area contributed by atoms with Crippen molar-refractivity contribution in [3.63, 3.8) is 0 Å². The van der Waals surface area contributed by atoms with Gasteiger partial charge < -0.3 is 5.32 Å². The second-order valence-corrected chi connectivity index (χ2v) is 8.09. The maximum atomic E-state index is 12.5. The van der Waals surface area contributed by atoms with Crippen LogP contribution in [0.25, 0.3) is 0 Å². The molecule has 0 saturated heterocycles. The quantitative estimate of drug-likeness (QED) is 0.704. The molecule has 3 atom stereocenters. The molecule has 0 bridgehead atoms. The van der Waals surface area contributed by atoms with Crippen LogP contribution in [0, 0.1) is 5.92 Å². The monoisotopic (exact) mass is 403 g/mol. The molecule has 1 amide bonds. The highest BCUT2D eigenvalue weighted by Crippen LogP contribution is 2.34. The Labute approximate surface area is 170 Å². The molecule has 3 nitrogen and oxygen atoms in total. The number of Topliss-reactive ketones (excluding diaryl/α,β-unsaturated/α-hetero) is 1. The molecular weight excluding hydrogens is 381 g/mol. The molecule has 5 heteroatoms. The maximum Gasteiger partial charge on any atom is 0.223 e. The fourth-order valence-corrected chi connectivity index (χ4v) is 3.94. The Morgan fingerprint density at radius 3 is 2.11 bits per heavy atom. The standard InChI is InChI=1S/C22H23Cl2NO2/c1-14(15-2-7-18(23)8-3-15)21(16-4-9-19(24)10-5-16)13-25-22(27)17-6-11-20(26)12-17/h2-5,7-10,14,17,21H,6,11-13H2,1H3,(H,25,27). The van der Waals surface area contributed by atoms with E-state index >= 15 is 0 Å². The van der Waals surface area contributed by atoms with Gasteiger partial charge in [-0.05, 0) is 47.7 Å². The molecule has 3 rings (SSSR count). The van der Waals surface area contributed by atoms with E-state index in [9.17, 15) is 9.59 Å². The van der Waals surface area contributed by atoms with E-state index in [1.54, 1.807) is 0 Å². The van der Waals surface area contributed by atoms with Gasteiger partial charge in [0.25, 0.3) is 0 Å². The number of carbonyl (C=O) groups excluding carboxylic acids is 2. The molecule has 1 aliphatic rings. The van der Waals surface area contributed by atoms with Crippen molar-refractivity contribution in [2.24, 2.45) is 5.92 Å². The van der Waals surface area contributed by atoms with Gasteiger partial charge in [-0.3, -0.25) is 9.59 Å². The van der Waals surface area contributed by atoms with E-state index in [4.69, 9.17) is 23.2 Å². The zero-order valence-corrected chi connectivity index (χ0v) is 16.8. The van der Waals surface area contributed by atoms with Crippen LogP contribution < -0.4 is 5.32 Å². The first-order valence-electron chi connectivity index (χ1n) is 9.24. The highest BCUT2D eigenvalue weighted by Gasteiger charge is 2.29. The van der Waals surface area contributed by atoms with Crippen molar-refractivity contribution in [3.8, 4) is 0 Å². The second kappa shape index (κ2) is 8.90. The van der Waals surface area contributed by atoms with E-state index in [1.165, 1.54) is 0 Å². The number of hydrogen-bond acceptors (Lipinski definition) is 2. The highest BCUT2D eigenvalue weighted by atomic mass is 35.5. The third-order valence-electron chi connectivity index (χ3n) is 5.41. The van der Waals surface area contributed by atoms with E-state index in [2.05, 4.69) is 12.2 Å². The van der Waals surface area contributed by atoms with Gasteiger partial charge in [0.15, 0.2) is 0 Å². The Hall–Kier alpha value is -1.84. The van der Waals surface area contributed by atoms with Gasteiger partial charge in [-0.1, -0.05) is 54.4 Å². The zero-order valence-electron chi connectivity index (χ0n) is 15.3. The Morgan fingerprint density at radius 2 is 1.59 bits per heavy atom. The van der Waals surface area contributed by atoms with Gasteiger partial charge >= 0.3 is 0 Å². The number of carbonyl (C=O) groups is 2. The van der Waals surface area contributed by atoms with Crippen LogP contribution in [0.4, 0.5) is 0 Å². The van der Waals surface area contributed by atoms with Gasteiger partial charge in [0.05, 0.1) is 0 Å². The van der Waals surface area contributed by atoms with Crippen molar-refractivity contribution in [2.45, 2.75) is 38.0 Å². The molecular formula is C22H23Cl2NO2. The average Bonchev–Trinajstić information content (AvgIpc) is 3.10. The van der Waals surface area contributed by atoms with Gasteiger partial charge in [-0.25, -0.2) is 0 Å². The first-order chi connectivity index (χ1) is 12.9. The number of halogens is 2. The number of ketones is 1. The minimum atomic E-state index is -0.186. The summed E-state index contributed by atoms with van der Waals surface area (Å²) in [5.41, 5.74) is 2.27. The molecule has 1 N–H and O–H groups in total. The van der Waals surface area contributed by atoms with E-state index < -0.39 is 0 Å². The van der Waals surface area contributed by atoms with Crippen molar-refractivity contribution < 1.29 is 9.59 Å². The van der Waals surface area contributed by atoms with Crippen LogP contribution in [0.15, 0.2) is 48.5 Å². The Kier molecular flexibility index (Phi) is 6.56. The molecule has 2 aromatic carbocycles. The van der Waals surface area contributed by atoms with Crippen LogP contribution in [0.3, 0.4) is 0 Å². The summed E-state index contributed by atoms with van der Waals surface area (Å²) in [5.74, 6) is 0.231. The maximum absolute atomic E-state index is 12.5.